The minimum absolute atomic E-state index is 0.0339. The lowest BCUT2D eigenvalue weighted by atomic mass is 9.52. The van der Waals surface area contributed by atoms with Gasteiger partial charge in [0.05, 0.1) is 5.76 Å². The summed E-state index contributed by atoms with van der Waals surface area (Å²) in [7, 11) is 0. The largest absolute Gasteiger partial charge is 0.467 e. The molecule has 2 fully saturated rings. The van der Waals surface area contributed by atoms with Gasteiger partial charge in [-0.15, -0.1) is 0 Å². The summed E-state index contributed by atoms with van der Waals surface area (Å²) in [4.78, 5) is 0. The van der Waals surface area contributed by atoms with Gasteiger partial charge in [0.25, 0.3) is 0 Å². The van der Waals surface area contributed by atoms with Crippen molar-refractivity contribution < 1.29 is 9.47 Å². The zero-order chi connectivity index (χ0) is 17.2. The highest BCUT2D eigenvalue weighted by molar-refractivity contribution is 5.45. The summed E-state index contributed by atoms with van der Waals surface area (Å²) in [5.74, 6) is 3.75. The number of ether oxygens (including phenoxy) is 2. The van der Waals surface area contributed by atoms with Crippen LogP contribution in [0.15, 0.2) is 35.1 Å². The second-order valence-corrected chi connectivity index (χ2v) is 9.48. The van der Waals surface area contributed by atoms with E-state index in [1.165, 1.54) is 44.1 Å². The quantitative estimate of drug-likeness (QED) is 0.481. The average molecular weight is 341 g/mol. The second kappa shape index (κ2) is 5.49. The normalized spacial score (nSPS) is 47.7. The number of hydrogen-bond acceptors (Lipinski definition) is 2. The molecule has 1 aliphatic heterocycles. The van der Waals surface area contributed by atoms with Gasteiger partial charge in [-0.3, -0.25) is 0 Å². The SMILES string of the molecule is CC[C@@H]1CC[C@H]2[C@@H]3CC=C4C=C(OC5CO5)CC[C@]4(C)C3=CC[C@]12C. The molecule has 5 rings (SSSR count). The van der Waals surface area contributed by atoms with Crippen LogP contribution in [0.4, 0.5) is 0 Å². The van der Waals surface area contributed by atoms with E-state index in [-0.39, 0.29) is 11.7 Å². The van der Waals surface area contributed by atoms with Crippen molar-refractivity contribution in [2.75, 3.05) is 6.61 Å². The number of rotatable bonds is 3. The highest BCUT2D eigenvalue weighted by Gasteiger charge is 2.54. The average Bonchev–Trinajstić information content (AvgIpc) is 3.34. The first-order chi connectivity index (χ1) is 12.0. The molecule has 2 heteroatoms. The molecular weight excluding hydrogens is 308 g/mol. The first-order valence-electron chi connectivity index (χ1n) is 10.4. The Morgan fingerprint density at radius 3 is 2.84 bits per heavy atom. The third-order valence-electron chi connectivity index (χ3n) is 8.39. The second-order valence-electron chi connectivity index (χ2n) is 9.48. The van der Waals surface area contributed by atoms with Gasteiger partial charge >= 0.3 is 0 Å². The summed E-state index contributed by atoms with van der Waals surface area (Å²) in [6, 6.07) is 0. The first kappa shape index (κ1) is 16.2. The number of allylic oxidation sites excluding steroid dienone is 6. The highest BCUT2D eigenvalue weighted by Crippen LogP contribution is 2.64. The lowest BCUT2D eigenvalue weighted by Crippen LogP contribution is -2.43. The Balaban J connectivity index is 1.47. The predicted molar refractivity (Wildman–Crippen MR) is 99.8 cm³/mol. The van der Waals surface area contributed by atoms with Crippen molar-refractivity contribution in [2.24, 2.45) is 28.6 Å². The number of fused-ring (bicyclic) bond motifs is 5. The topological polar surface area (TPSA) is 21.8 Å². The van der Waals surface area contributed by atoms with E-state index in [2.05, 4.69) is 39.0 Å². The van der Waals surface area contributed by atoms with Crippen LogP contribution in [-0.4, -0.2) is 12.9 Å². The lowest BCUT2D eigenvalue weighted by Gasteiger charge is -2.52. The summed E-state index contributed by atoms with van der Waals surface area (Å²) in [6.45, 7) is 8.25. The number of epoxide rings is 1. The van der Waals surface area contributed by atoms with Gasteiger partial charge in [-0.2, -0.15) is 0 Å². The summed E-state index contributed by atoms with van der Waals surface area (Å²) >= 11 is 0. The fourth-order valence-electron chi connectivity index (χ4n) is 6.76. The third-order valence-corrected chi connectivity index (χ3v) is 8.39. The first-order valence-corrected chi connectivity index (χ1v) is 10.4. The fraction of sp³-hybridized carbons (Fsp3) is 0.739. The van der Waals surface area contributed by atoms with E-state index < -0.39 is 0 Å². The molecule has 1 saturated heterocycles. The van der Waals surface area contributed by atoms with Gasteiger partial charge in [0.2, 0.25) is 6.29 Å². The molecule has 1 unspecified atom stereocenters. The van der Waals surface area contributed by atoms with Gasteiger partial charge in [0.15, 0.2) is 0 Å². The lowest BCUT2D eigenvalue weighted by molar-refractivity contribution is 0.0821. The van der Waals surface area contributed by atoms with Gasteiger partial charge in [-0.1, -0.05) is 44.9 Å². The molecule has 136 valence electrons. The Hall–Kier alpha value is -1.02. The molecule has 0 amide bonds. The van der Waals surface area contributed by atoms with E-state index in [4.69, 9.17) is 9.47 Å². The molecule has 5 aliphatic rings. The van der Waals surface area contributed by atoms with Crippen molar-refractivity contribution in [1.29, 1.82) is 0 Å². The van der Waals surface area contributed by atoms with E-state index in [0.29, 0.717) is 5.41 Å². The molecule has 2 nitrogen and oxygen atoms in total. The van der Waals surface area contributed by atoms with E-state index in [1.807, 2.05) is 0 Å². The minimum Gasteiger partial charge on any atom is -0.467 e. The van der Waals surface area contributed by atoms with Gasteiger partial charge in [-0.25, -0.2) is 0 Å². The predicted octanol–water partition coefficient (Wildman–Crippen LogP) is 5.76. The van der Waals surface area contributed by atoms with Crippen LogP contribution in [-0.2, 0) is 9.47 Å². The molecule has 0 aromatic carbocycles. The molecule has 0 aromatic heterocycles. The summed E-state index contributed by atoms with van der Waals surface area (Å²) in [5, 5.41) is 0. The fourth-order valence-corrected chi connectivity index (χ4v) is 6.76. The Morgan fingerprint density at radius 2 is 2.08 bits per heavy atom. The maximum atomic E-state index is 5.92. The monoisotopic (exact) mass is 340 g/mol. The van der Waals surface area contributed by atoms with Gasteiger partial charge in [0, 0.05) is 11.8 Å². The van der Waals surface area contributed by atoms with E-state index >= 15 is 0 Å². The summed E-state index contributed by atoms with van der Waals surface area (Å²) < 4.78 is 11.2. The molecule has 4 aliphatic carbocycles. The standard InChI is InChI=1S/C23H32O2/c1-4-15-6-8-19-18-7-5-16-13-17(25-21-14-24-21)9-11-23(16,3)20(18)10-12-22(15,19)2/h5,10,13,15,18-19,21H,4,6-9,11-12,14H2,1-3H3/t15-,18+,19+,21?,22-,23+/m1/s1. The van der Waals surface area contributed by atoms with Crippen LogP contribution < -0.4 is 0 Å². The van der Waals surface area contributed by atoms with Crippen molar-refractivity contribution in [3.63, 3.8) is 0 Å². The minimum atomic E-state index is 0.0339. The number of hydrogen-bond donors (Lipinski definition) is 0. The molecule has 0 bridgehead atoms. The molecular formula is C23H32O2. The molecule has 0 aromatic rings. The van der Waals surface area contributed by atoms with Gasteiger partial charge < -0.3 is 9.47 Å². The van der Waals surface area contributed by atoms with Crippen LogP contribution in [0.2, 0.25) is 0 Å². The molecule has 0 spiro atoms. The van der Waals surface area contributed by atoms with Gasteiger partial charge in [0.1, 0.15) is 6.61 Å². The Morgan fingerprint density at radius 1 is 1.24 bits per heavy atom. The zero-order valence-corrected chi connectivity index (χ0v) is 16.0. The van der Waals surface area contributed by atoms with Crippen molar-refractivity contribution in [1.82, 2.24) is 0 Å². The van der Waals surface area contributed by atoms with Crippen molar-refractivity contribution in [3.8, 4) is 0 Å². The Bertz CT molecular complexity index is 668. The molecule has 1 heterocycles. The van der Waals surface area contributed by atoms with E-state index in [0.717, 1.165) is 36.5 Å². The molecule has 6 atom stereocenters. The van der Waals surface area contributed by atoms with Crippen molar-refractivity contribution >= 4 is 0 Å². The van der Waals surface area contributed by atoms with Crippen LogP contribution in [0, 0.1) is 28.6 Å². The maximum Gasteiger partial charge on any atom is 0.223 e. The van der Waals surface area contributed by atoms with Crippen LogP contribution >= 0.6 is 0 Å². The Labute approximate surface area is 152 Å². The van der Waals surface area contributed by atoms with E-state index in [1.54, 1.807) is 5.57 Å². The molecule has 25 heavy (non-hydrogen) atoms. The molecule has 0 N–H and O–H groups in total. The smallest absolute Gasteiger partial charge is 0.223 e. The third kappa shape index (κ3) is 2.32. The maximum absolute atomic E-state index is 5.92. The van der Waals surface area contributed by atoms with Crippen LogP contribution in [0.5, 0.6) is 0 Å². The molecule has 0 radical (unpaired) electrons. The summed E-state index contributed by atoms with van der Waals surface area (Å²) in [6.07, 6.45) is 16.6. The highest BCUT2D eigenvalue weighted by atomic mass is 16.8. The zero-order valence-electron chi connectivity index (χ0n) is 16.0. The van der Waals surface area contributed by atoms with E-state index in [9.17, 15) is 0 Å². The van der Waals surface area contributed by atoms with Crippen molar-refractivity contribution in [2.45, 2.75) is 72.0 Å². The van der Waals surface area contributed by atoms with Crippen LogP contribution in [0.1, 0.15) is 65.7 Å². The molecule has 1 saturated carbocycles. The van der Waals surface area contributed by atoms with Crippen LogP contribution in [0.3, 0.4) is 0 Å². The van der Waals surface area contributed by atoms with Crippen LogP contribution in [0.25, 0.3) is 0 Å². The van der Waals surface area contributed by atoms with Crippen molar-refractivity contribution in [3.05, 3.63) is 35.1 Å². The van der Waals surface area contributed by atoms with Gasteiger partial charge in [-0.05, 0) is 66.9 Å². The summed E-state index contributed by atoms with van der Waals surface area (Å²) in [5.41, 5.74) is 4.06. The Kier molecular flexibility index (Phi) is 3.55.